The largest absolute Gasteiger partial charge is 0.487 e. The molecular formula is C23H25N3O4. The number of furan rings is 1. The Morgan fingerprint density at radius 1 is 1.07 bits per heavy atom. The van der Waals surface area contributed by atoms with Crippen LogP contribution in [-0.4, -0.2) is 29.9 Å². The third kappa shape index (κ3) is 5.26. The van der Waals surface area contributed by atoms with E-state index in [4.69, 9.17) is 9.15 Å². The van der Waals surface area contributed by atoms with Gasteiger partial charge in [0.1, 0.15) is 24.1 Å². The zero-order valence-electron chi connectivity index (χ0n) is 17.2. The van der Waals surface area contributed by atoms with Gasteiger partial charge >= 0.3 is 0 Å². The van der Waals surface area contributed by atoms with Gasteiger partial charge in [-0.3, -0.25) is 9.59 Å². The summed E-state index contributed by atoms with van der Waals surface area (Å²) in [6.45, 7) is 4.17. The monoisotopic (exact) mass is 407 g/mol. The van der Waals surface area contributed by atoms with Crippen molar-refractivity contribution in [3.8, 4) is 17.2 Å². The minimum absolute atomic E-state index is 0.0616. The highest BCUT2D eigenvalue weighted by Crippen LogP contribution is 2.22. The number of nitrogens with zero attached hydrogens (tertiary/aromatic N) is 1. The van der Waals surface area contributed by atoms with E-state index < -0.39 is 11.9 Å². The summed E-state index contributed by atoms with van der Waals surface area (Å²) in [6, 6.07) is 16.0. The molecular weight excluding hydrogens is 382 g/mol. The molecule has 3 aromatic rings. The molecule has 1 atom stereocenters. The summed E-state index contributed by atoms with van der Waals surface area (Å²) in [5.74, 6) is 0.441. The van der Waals surface area contributed by atoms with Gasteiger partial charge in [-0.2, -0.15) is 0 Å². The van der Waals surface area contributed by atoms with Crippen molar-refractivity contribution in [3.63, 3.8) is 0 Å². The topological polar surface area (TPSA) is 93.5 Å². The Labute approximate surface area is 175 Å². The number of carbonyl (C=O) groups excluding carboxylic acids is 2. The SMILES string of the molecule is CNC(=O)C(NC(=O)c1ccc(-c2ccc(OCc3ccccc3)cn2)o1)C(C)C. The van der Waals surface area contributed by atoms with Crippen LogP contribution in [0.5, 0.6) is 5.75 Å². The molecule has 2 heterocycles. The summed E-state index contributed by atoms with van der Waals surface area (Å²) in [6.07, 6.45) is 1.61. The number of rotatable bonds is 8. The molecule has 0 aliphatic carbocycles. The van der Waals surface area contributed by atoms with Gasteiger partial charge in [0.05, 0.1) is 6.20 Å². The van der Waals surface area contributed by atoms with Crippen LogP contribution in [0.4, 0.5) is 0 Å². The zero-order valence-corrected chi connectivity index (χ0v) is 17.2. The van der Waals surface area contributed by atoms with E-state index in [1.807, 2.05) is 44.2 Å². The number of nitrogens with one attached hydrogen (secondary N) is 2. The molecule has 0 bridgehead atoms. The van der Waals surface area contributed by atoms with Gasteiger partial charge in [0.2, 0.25) is 5.91 Å². The number of benzene rings is 1. The van der Waals surface area contributed by atoms with Crippen molar-refractivity contribution in [2.24, 2.45) is 5.92 Å². The fourth-order valence-corrected chi connectivity index (χ4v) is 2.85. The number of hydrogen-bond acceptors (Lipinski definition) is 5. The first-order valence-corrected chi connectivity index (χ1v) is 9.73. The summed E-state index contributed by atoms with van der Waals surface area (Å²) in [5.41, 5.74) is 1.65. The Balaban J connectivity index is 1.63. The molecule has 3 rings (SSSR count). The lowest BCUT2D eigenvalue weighted by atomic mass is 10.0. The molecule has 0 saturated carbocycles. The predicted molar refractivity (Wildman–Crippen MR) is 113 cm³/mol. The molecule has 0 radical (unpaired) electrons. The average Bonchev–Trinajstić information content (AvgIpc) is 3.26. The maximum Gasteiger partial charge on any atom is 0.287 e. The maximum absolute atomic E-state index is 12.5. The number of amides is 2. The van der Waals surface area contributed by atoms with Crippen molar-refractivity contribution in [3.05, 3.63) is 72.1 Å². The lowest BCUT2D eigenvalue weighted by molar-refractivity contribution is -0.123. The molecule has 2 aromatic heterocycles. The van der Waals surface area contributed by atoms with E-state index in [0.717, 1.165) is 5.56 Å². The van der Waals surface area contributed by atoms with E-state index in [9.17, 15) is 9.59 Å². The van der Waals surface area contributed by atoms with Gasteiger partial charge in [0.15, 0.2) is 11.5 Å². The van der Waals surface area contributed by atoms with Gasteiger partial charge in [0, 0.05) is 7.05 Å². The molecule has 7 heteroatoms. The van der Waals surface area contributed by atoms with Crippen molar-refractivity contribution in [1.29, 1.82) is 0 Å². The second kappa shape index (κ2) is 9.73. The van der Waals surface area contributed by atoms with Crippen molar-refractivity contribution < 1.29 is 18.7 Å². The van der Waals surface area contributed by atoms with Crippen LogP contribution in [0.3, 0.4) is 0 Å². The second-order valence-electron chi connectivity index (χ2n) is 7.13. The van der Waals surface area contributed by atoms with E-state index in [1.165, 1.54) is 7.05 Å². The molecule has 1 unspecified atom stereocenters. The summed E-state index contributed by atoms with van der Waals surface area (Å²) < 4.78 is 11.4. The molecule has 1 aromatic carbocycles. The van der Waals surface area contributed by atoms with Crippen LogP contribution in [0, 0.1) is 5.92 Å². The fourth-order valence-electron chi connectivity index (χ4n) is 2.85. The first-order chi connectivity index (χ1) is 14.5. The smallest absolute Gasteiger partial charge is 0.287 e. The number of aromatic nitrogens is 1. The standard InChI is InChI=1S/C23H25N3O4/c1-15(2)21(23(28)24-3)26-22(27)20-12-11-19(30-20)18-10-9-17(13-25-18)29-14-16-7-5-4-6-8-16/h4-13,15,21H,14H2,1-3H3,(H,24,28)(H,26,27). The van der Waals surface area contributed by atoms with Crippen molar-refractivity contribution >= 4 is 11.8 Å². The second-order valence-corrected chi connectivity index (χ2v) is 7.13. The van der Waals surface area contributed by atoms with Gasteiger partial charge < -0.3 is 19.8 Å². The van der Waals surface area contributed by atoms with Gasteiger partial charge in [-0.15, -0.1) is 0 Å². The Morgan fingerprint density at radius 2 is 1.83 bits per heavy atom. The molecule has 30 heavy (non-hydrogen) atoms. The van der Waals surface area contributed by atoms with E-state index in [1.54, 1.807) is 30.5 Å². The molecule has 0 fully saturated rings. The van der Waals surface area contributed by atoms with Crippen LogP contribution in [0.15, 0.2) is 65.2 Å². The van der Waals surface area contributed by atoms with E-state index in [2.05, 4.69) is 15.6 Å². The maximum atomic E-state index is 12.5. The fraction of sp³-hybridized carbons (Fsp3) is 0.261. The minimum Gasteiger partial charge on any atom is -0.487 e. The lowest BCUT2D eigenvalue weighted by Crippen LogP contribution is -2.48. The van der Waals surface area contributed by atoms with Gasteiger partial charge in [-0.25, -0.2) is 4.98 Å². The average molecular weight is 407 g/mol. The minimum atomic E-state index is -0.643. The summed E-state index contributed by atoms with van der Waals surface area (Å²) >= 11 is 0. The third-order valence-electron chi connectivity index (χ3n) is 4.55. The van der Waals surface area contributed by atoms with E-state index in [0.29, 0.717) is 23.8 Å². The Bertz CT molecular complexity index is 981. The number of pyridine rings is 1. The third-order valence-corrected chi connectivity index (χ3v) is 4.55. The summed E-state index contributed by atoms with van der Waals surface area (Å²) in [5, 5.41) is 5.26. The number of carbonyl (C=O) groups is 2. The molecule has 2 amide bonds. The molecule has 0 saturated heterocycles. The Morgan fingerprint density at radius 3 is 2.47 bits per heavy atom. The molecule has 7 nitrogen and oxygen atoms in total. The summed E-state index contributed by atoms with van der Waals surface area (Å²) in [7, 11) is 1.54. The van der Waals surface area contributed by atoms with Gasteiger partial charge in [-0.05, 0) is 35.7 Å². The van der Waals surface area contributed by atoms with Crippen molar-refractivity contribution in [2.45, 2.75) is 26.5 Å². The Hall–Kier alpha value is -3.61. The van der Waals surface area contributed by atoms with E-state index in [-0.39, 0.29) is 17.6 Å². The number of hydrogen-bond donors (Lipinski definition) is 2. The molecule has 0 spiro atoms. The number of ether oxygens (including phenoxy) is 1. The first-order valence-electron chi connectivity index (χ1n) is 9.73. The summed E-state index contributed by atoms with van der Waals surface area (Å²) in [4.78, 5) is 28.8. The van der Waals surface area contributed by atoms with Crippen molar-refractivity contribution in [1.82, 2.24) is 15.6 Å². The molecule has 0 aliphatic heterocycles. The highest BCUT2D eigenvalue weighted by atomic mass is 16.5. The van der Waals surface area contributed by atoms with Crippen LogP contribution >= 0.6 is 0 Å². The van der Waals surface area contributed by atoms with Crippen LogP contribution in [0.1, 0.15) is 30.0 Å². The predicted octanol–water partition coefficient (Wildman–Crippen LogP) is 3.42. The molecule has 2 N–H and O–H groups in total. The molecule has 156 valence electrons. The van der Waals surface area contributed by atoms with Crippen LogP contribution in [-0.2, 0) is 11.4 Å². The van der Waals surface area contributed by atoms with Crippen LogP contribution in [0.2, 0.25) is 0 Å². The van der Waals surface area contributed by atoms with Gasteiger partial charge in [-0.1, -0.05) is 44.2 Å². The highest BCUT2D eigenvalue weighted by Gasteiger charge is 2.25. The van der Waals surface area contributed by atoms with Crippen LogP contribution in [0.25, 0.3) is 11.5 Å². The van der Waals surface area contributed by atoms with E-state index >= 15 is 0 Å². The van der Waals surface area contributed by atoms with Crippen LogP contribution < -0.4 is 15.4 Å². The zero-order chi connectivity index (χ0) is 21.5. The Kier molecular flexibility index (Phi) is 6.85. The quantitative estimate of drug-likeness (QED) is 0.597. The first kappa shape index (κ1) is 21.1. The molecule has 0 aliphatic rings. The normalized spacial score (nSPS) is 11.7. The van der Waals surface area contributed by atoms with Gasteiger partial charge in [0.25, 0.3) is 5.91 Å². The number of likely N-dealkylation sites (N-methyl/N-ethyl adjacent to an activating group) is 1. The highest BCUT2D eigenvalue weighted by molar-refractivity contribution is 5.95. The van der Waals surface area contributed by atoms with Crippen molar-refractivity contribution in [2.75, 3.05) is 7.05 Å². The lowest BCUT2D eigenvalue weighted by Gasteiger charge is -2.19.